The zero-order valence-electron chi connectivity index (χ0n) is 14.9. The van der Waals surface area contributed by atoms with Gasteiger partial charge in [0.1, 0.15) is 5.75 Å². The molecule has 2 aromatic rings. The second kappa shape index (κ2) is 9.87. The molecular weight excluding hydrogens is 350 g/mol. The van der Waals surface area contributed by atoms with Crippen LogP contribution in [0.1, 0.15) is 22.8 Å². The summed E-state index contributed by atoms with van der Waals surface area (Å²) in [5.74, 6) is 0.761. The maximum Gasteiger partial charge on any atom is 0.335 e. The molecule has 26 heavy (non-hydrogen) atoms. The Morgan fingerprint density at radius 3 is 2.58 bits per heavy atom. The summed E-state index contributed by atoms with van der Waals surface area (Å²) in [6, 6.07) is 14.4. The van der Waals surface area contributed by atoms with Crippen molar-refractivity contribution in [3.8, 4) is 5.75 Å². The summed E-state index contributed by atoms with van der Waals surface area (Å²) < 4.78 is 5.33. The van der Waals surface area contributed by atoms with Crippen molar-refractivity contribution in [1.29, 1.82) is 0 Å². The van der Waals surface area contributed by atoms with Crippen LogP contribution in [-0.4, -0.2) is 36.4 Å². The van der Waals surface area contributed by atoms with Crippen molar-refractivity contribution in [1.82, 2.24) is 5.32 Å². The number of hydrogen-bond acceptors (Lipinski definition) is 4. The van der Waals surface area contributed by atoms with E-state index in [9.17, 15) is 14.7 Å². The van der Waals surface area contributed by atoms with Gasteiger partial charge in [-0.1, -0.05) is 37.3 Å². The molecule has 1 unspecified atom stereocenters. The monoisotopic (exact) mass is 373 g/mol. The third-order valence-corrected chi connectivity index (χ3v) is 5.22. The van der Waals surface area contributed by atoms with Gasteiger partial charge in [-0.2, -0.15) is 0 Å². The number of aromatic carboxylic acids is 1. The number of methoxy groups -OCH3 is 1. The Kier molecular flexibility index (Phi) is 7.53. The Hall–Kier alpha value is -2.47. The molecule has 0 aromatic heterocycles. The molecule has 2 aromatic carbocycles. The summed E-state index contributed by atoms with van der Waals surface area (Å²) in [7, 11) is 1.65. The molecule has 1 amide bonds. The van der Waals surface area contributed by atoms with E-state index in [1.54, 1.807) is 37.1 Å². The maximum absolute atomic E-state index is 12.1. The lowest BCUT2D eigenvalue weighted by atomic mass is 10.0. The molecule has 6 heteroatoms. The molecule has 1 atom stereocenters. The Morgan fingerprint density at radius 2 is 1.85 bits per heavy atom. The molecule has 2 N–H and O–H groups in total. The van der Waals surface area contributed by atoms with Crippen LogP contribution in [0.3, 0.4) is 0 Å². The lowest BCUT2D eigenvalue weighted by Crippen LogP contribution is -2.30. The molecule has 5 nitrogen and oxygen atoms in total. The van der Waals surface area contributed by atoms with Crippen LogP contribution >= 0.6 is 11.8 Å². The van der Waals surface area contributed by atoms with Gasteiger partial charge in [-0.25, -0.2) is 4.79 Å². The molecule has 0 aliphatic rings. The van der Waals surface area contributed by atoms with Gasteiger partial charge >= 0.3 is 5.97 Å². The first-order valence-electron chi connectivity index (χ1n) is 8.35. The van der Waals surface area contributed by atoms with Crippen LogP contribution < -0.4 is 10.1 Å². The highest BCUT2D eigenvalue weighted by Gasteiger charge is 2.13. The topological polar surface area (TPSA) is 75.6 Å². The second-order valence-corrected chi connectivity index (χ2v) is 7.07. The van der Waals surface area contributed by atoms with Gasteiger partial charge in [0.2, 0.25) is 5.91 Å². The molecule has 0 heterocycles. The third-order valence-electron chi connectivity index (χ3n) is 3.84. The fourth-order valence-electron chi connectivity index (χ4n) is 2.44. The number of carbonyl (C=O) groups excluding carboxylic acids is 1. The van der Waals surface area contributed by atoms with Crippen LogP contribution in [-0.2, 0) is 11.2 Å². The summed E-state index contributed by atoms with van der Waals surface area (Å²) in [5, 5.41) is 12.1. The normalized spacial score (nSPS) is 11.6. The van der Waals surface area contributed by atoms with Crippen LogP contribution in [0.15, 0.2) is 53.4 Å². The smallest absolute Gasteiger partial charge is 0.335 e. The number of para-hydroxylation sites is 1. The minimum atomic E-state index is -1.02. The number of rotatable bonds is 9. The van der Waals surface area contributed by atoms with E-state index in [0.717, 1.165) is 16.4 Å². The minimum Gasteiger partial charge on any atom is -0.496 e. The number of benzene rings is 2. The first-order valence-corrected chi connectivity index (χ1v) is 9.33. The van der Waals surface area contributed by atoms with Crippen LogP contribution in [0.25, 0.3) is 0 Å². The number of ether oxygens (including phenoxy) is 1. The van der Waals surface area contributed by atoms with Gasteiger partial charge in [0.05, 0.1) is 19.1 Å². The van der Waals surface area contributed by atoms with Gasteiger partial charge in [-0.15, -0.1) is 11.8 Å². The zero-order chi connectivity index (χ0) is 18.9. The van der Waals surface area contributed by atoms with E-state index in [0.29, 0.717) is 12.1 Å². The fourth-order valence-corrected chi connectivity index (χ4v) is 3.49. The lowest BCUT2D eigenvalue weighted by molar-refractivity contribution is -0.120. The molecule has 0 saturated heterocycles. The average Bonchev–Trinajstić information content (AvgIpc) is 2.65. The van der Waals surface area contributed by atoms with Crippen LogP contribution in [0.5, 0.6) is 5.75 Å². The van der Waals surface area contributed by atoms with E-state index in [4.69, 9.17) is 4.74 Å². The summed E-state index contributed by atoms with van der Waals surface area (Å²) >= 11 is 1.69. The predicted molar refractivity (Wildman–Crippen MR) is 103 cm³/mol. The van der Waals surface area contributed by atoms with Crippen LogP contribution in [0.2, 0.25) is 0 Å². The van der Waals surface area contributed by atoms with Gasteiger partial charge in [0.15, 0.2) is 0 Å². The maximum atomic E-state index is 12.1. The van der Waals surface area contributed by atoms with E-state index in [1.165, 1.54) is 6.07 Å². The number of nitrogens with one attached hydrogen (secondary N) is 1. The summed E-state index contributed by atoms with van der Waals surface area (Å²) in [4.78, 5) is 24.4. The standard InChI is InChI=1S/C20H23NO4S/c1-14(13-26-18-10-6-5-9-17(18)25-2)12-21-19(22)11-15-7-3-4-8-16(15)20(23)24/h3-10,14H,11-13H2,1-2H3,(H,21,22)(H,23,24). The molecule has 0 saturated carbocycles. The fraction of sp³-hybridized carbons (Fsp3) is 0.300. The number of hydrogen-bond donors (Lipinski definition) is 2. The van der Waals surface area contributed by atoms with Crippen molar-refractivity contribution >= 4 is 23.6 Å². The Balaban J connectivity index is 1.81. The highest BCUT2D eigenvalue weighted by molar-refractivity contribution is 7.99. The molecule has 2 rings (SSSR count). The molecule has 0 aliphatic carbocycles. The average molecular weight is 373 g/mol. The van der Waals surface area contributed by atoms with Gasteiger partial charge in [-0.3, -0.25) is 4.79 Å². The van der Waals surface area contributed by atoms with Crippen LogP contribution in [0, 0.1) is 5.92 Å². The van der Waals surface area contributed by atoms with E-state index in [1.807, 2.05) is 24.3 Å². The number of carbonyl (C=O) groups is 2. The molecule has 0 fully saturated rings. The molecular formula is C20H23NO4S. The number of carboxylic acid groups (broad SMARTS) is 1. The Morgan fingerprint density at radius 1 is 1.15 bits per heavy atom. The predicted octanol–water partition coefficient (Wildman–Crippen LogP) is 3.48. The first-order chi connectivity index (χ1) is 12.5. The minimum absolute atomic E-state index is 0.0643. The number of thioether (sulfide) groups is 1. The van der Waals surface area contributed by atoms with Crippen molar-refractivity contribution in [3.63, 3.8) is 0 Å². The van der Waals surface area contributed by atoms with Crippen molar-refractivity contribution in [3.05, 3.63) is 59.7 Å². The van der Waals surface area contributed by atoms with Crippen molar-refractivity contribution < 1.29 is 19.4 Å². The quantitative estimate of drug-likeness (QED) is 0.658. The van der Waals surface area contributed by atoms with Crippen LogP contribution in [0.4, 0.5) is 0 Å². The van der Waals surface area contributed by atoms with E-state index >= 15 is 0 Å². The Bertz CT molecular complexity index is 763. The number of amides is 1. The molecule has 0 aliphatic heterocycles. The van der Waals surface area contributed by atoms with Crippen molar-refractivity contribution in [2.75, 3.05) is 19.4 Å². The zero-order valence-corrected chi connectivity index (χ0v) is 15.7. The van der Waals surface area contributed by atoms with Gasteiger partial charge in [-0.05, 0) is 29.7 Å². The van der Waals surface area contributed by atoms with E-state index in [-0.39, 0.29) is 23.8 Å². The SMILES string of the molecule is COc1ccccc1SCC(C)CNC(=O)Cc1ccccc1C(=O)O. The third kappa shape index (κ3) is 5.81. The first kappa shape index (κ1) is 19.8. The van der Waals surface area contributed by atoms with Crippen molar-refractivity contribution in [2.45, 2.75) is 18.2 Å². The summed E-state index contributed by atoms with van der Waals surface area (Å²) in [6.07, 6.45) is 0.0643. The lowest BCUT2D eigenvalue weighted by Gasteiger charge is -2.14. The van der Waals surface area contributed by atoms with Gasteiger partial charge in [0.25, 0.3) is 0 Å². The van der Waals surface area contributed by atoms with Gasteiger partial charge < -0.3 is 15.2 Å². The Labute approximate surface area is 157 Å². The van der Waals surface area contributed by atoms with Gasteiger partial charge in [0, 0.05) is 17.2 Å². The van der Waals surface area contributed by atoms with E-state index < -0.39 is 5.97 Å². The highest BCUT2D eigenvalue weighted by Crippen LogP contribution is 2.29. The molecule has 0 spiro atoms. The van der Waals surface area contributed by atoms with Crippen molar-refractivity contribution in [2.24, 2.45) is 5.92 Å². The molecule has 0 radical (unpaired) electrons. The van der Waals surface area contributed by atoms with E-state index in [2.05, 4.69) is 12.2 Å². The molecule has 138 valence electrons. The highest BCUT2D eigenvalue weighted by atomic mass is 32.2. The summed E-state index contributed by atoms with van der Waals surface area (Å²) in [6.45, 7) is 2.60. The summed E-state index contributed by atoms with van der Waals surface area (Å²) in [5.41, 5.74) is 0.691. The second-order valence-electron chi connectivity index (χ2n) is 6.01. The molecule has 0 bridgehead atoms. The number of carboxylic acids is 1. The largest absolute Gasteiger partial charge is 0.496 e.